The van der Waals surface area contributed by atoms with Crippen LogP contribution >= 0.6 is 11.6 Å². The molecule has 0 unspecified atom stereocenters. The van der Waals surface area contributed by atoms with Crippen LogP contribution in [-0.4, -0.2) is 26.9 Å². The van der Waals surface area contributed by atoms with Crippen molar-refractivity contribution in [2.24, 2.45) is 14.1 Å². The van der Waals surface area contributed by atoms with E-state index in [1.165, 1.54) is 23.9 Å². The first-order chi connectivity index (χ1) is 15.4. The first-order valence-corrected chi connectivity index (χ1v) is 10.4. The molecular weight excluding hydrogens is 431 g/mol. The second kappa shape index (κ2) is 9.28. The van der Waals surface area contributed by atoms with Gasteiger partial charge in [0, 0.05) is 55.4 Å². The molecule has 32 heavy (non-hydrogen) atoms. The maximum Gasteiger partial charge on any atom is 0.255 e. The van der Waals surface area contributed by atoms with Crippen molar-refractivity contribution in [2.45, 2.75) is 6.42 Å². The van der Waals surface area contributed by atoms with Crippen LogP contribution in [-0.2, 0) is 20.5 Å². The van der Waals surface area contributed by atoms with Gasteiger partial charge in [0.2, 0.25) is 0 Å². The number of amides is 1. The first-order valence-electron chi connectivity index (χ1n) is 10.0. The van der Waals surface area contributed by atoms with Crippen molar-refractivity contribution in [3.05, 3.63) is 89.1 Å². The van der Waals surface area contributed by atoms with Crippen LogP contribution in [0.2, 0.25) is 5.02 Å². The smallest absolute Gasteiger partial charge is 0.255 e. The summed E-state index contributed by atoms with van der Waals surface area (Å²) in [6.07, 6.45) is 4.47. The lowest BCUT2D eigenvalue weighted by Crippen LogP contribution is -2.12. The predicted molar refractivity (Wildman–Crippen MR) is 123 cm³/mol. The number of carbonyl (C=O) groups is 1. The zero-order chi connectivity index (χ0) is 22.7. The number of ether oxygens (including phenoxy) is 1. The Hall–Kier alpha value is -3.58. The highest BCUT2D eigenvalue weighted by Gasteiger charge is 2.14. The average Bonchev–Trinajstić information content (AvgIpc) is 3.38. The van der Waals surface area contributed by atoms with E-state index >= 15 is 0 Å². The average molecular weight is 453 g/mol. The van der Waals surface area contributed by atoms with Gasteiger partial charge in [0.05, 0.1) is 17.3 Å². The molecule has 0 spiro atoms. The molecule has 2 aromatic heterocycles. The third-order valence-corrected chi connectivity index (χ3v) is 5.47. The number of aryl methyl sites for hydroxylation is 2. The topological polar surface area (TPSA) is 61.1 Å². The van der Waals surface area contributed by atoms with Crippen molar-refractivity contribution in [3.8, 4) is 17.0 Å². The van der Waals surface area contributed by atoms with Gasteiger partial charge in [-0.15, -0.1) is 0 Å². The third kappa shape index (κ3) is 4.68. The molecule has 0 bridgehead atoms. The molecule has 0 saturated heterocycles. The number of nitrogens with zero attached hydrogens (tertiary/aromatic N) is 3. The highest BCUT2D eigenvalue weighted by atomic mass is 35.5. The second-order valence-corrected chi connectivity index (χ2v) is 7.75. The molecule has 2 heterocycles. The van der Waals surface area contributed by atoms with Gasteiger partial charge < -0.3 is 14.6 Å². The summed E-state index contributed by atoms with van der Waals surface area (Å²) in [7, 11) is 3.84. The number of halogens is 2. The Morgan fingerprint density at radius 3 is 2.69 bits per heavy atom. The van der Waals surface area contributed by atoms with Gasteiger partial charge in [-0.2, -0.15) is 5.10 Å². The molecule has 0 atom stereocenters. The zero-order valence-corrected chi connectivity index (χ0v) is 18.4. The summed E-state index contributed by atoms with van der Waals surface area (Å²) >= 11 is 5.80. The summed E-state index contributed by atoms with van der Waals surface area (Å²) in [4.78, 5) is 12.6. The fourth-order valence-corrected chi connectivity index (χ4v) is 3.61. The number of rotatable bonds is 7. The lowest BCUT2D eigenvalue weighted by atomic mass is 10.1. The number of hydrogen-bond donors (Lipinski definition) is 1. The number of nitrogens with one attached hydrogen (secondary N) is 1. The first kappa shape index (κ1) is 21.6. The van der Waals surface area contributed by atoms with Crippen molar-refractivity contribution < 1.29 is 13.9 Å². The van der Waals surface area contributed by atoms with E-state index in [0.29, 0.717) is 18.0 Å². The lowest BCUT2D eigenvalue weighted by Gasteiger charge is -2.15. The maximum atomic E-state index is 13.4. The molecule has 4 aromatic rings. The van der Waals surface area contributed by atoms with E-state index in [1.54, 1.807) is 16.9 Å². The van der Waals surface area contributed by atoms with Gasteiger partial charge in [-0.05, 0) is 54.6 Å². The van der Waals surface area contributed by atoms with E-state index < -0.39 is 5.82 Å². The van der Waals surface area contributed by atoms with Crippen molar-refractivity contribution in [3.63, 3.8) is 0 Å². The van der Waals surface area contributed by atoms with Crippen molar-refractivity contribution in [2.75, 3.05) is 11.9 Å². The van der Waals surface area contributed by atoms with Crippen LogP contribution in [0.15, 0.2) is 67.0 Å². The van der Waals surface area contributed by atoms with Crippen LogP contribution in [0.4, 0.5) is 10.1 Å². The molecular formula is C24H22ClFN4O2. The SMILES string of the molecule is Cn1cccc1CCOc1ccc(NC(=O)c2ccc(F)c(Cl)c2)cc1-c1ccnn1C. The van der Waals surface area contributed by atoms with Crippen molar-refractivity contribution >= 4 is 23.2 Å². The van der Waals surface area contributed by atoms with Crippen molar-refractivity contribution in [1.82, 2.24) is 14.3 Å². The largest absolute Gasteiger partial charge is 0.492 e. The molecule has 0 saturated carbocycles. The Kier molecular flexibility index (Phi) is 6.28. The van der Waals surface area contributed by atoms with Gasteiger partial charge in [-0.25, -0.2) is 4.39 Å². The molecule has 0 aliphatic heterocycles. The van der Waals surface area contributed by atoms with Crippen LogP contribution < -0.4 is 10.1 Å². The quantitative estimate of drug-likeness (QED) is 0.424. The summed E-state index contributed by atoms with van der Waals surface area (Å²) in [6, 6.07) is 15.2. The van der Waals surface area contributed by atoms with Crippen LogP contribution in [0.3, 0.4) is 0 Å². The monoisotopic (exact) mass is 452 g/mol. The van der Waals surface area contributed by atoms with Crippen LogP contribution in [0, 0.1) is 5.82 Å². The summed E-state index contributed by atoms with van der Waals surface area (Å²) in [5.74, 6) is -0.274. The van der Waals surface area contributed by atoms with Gasteiger partial charge in [0.15, 0.2) is 0 Å². The highest BCUT2D eigenvalue weighted by Crippen LogP contribution is 2.33. The Morgan fingerprint density at radius 2 is 2.00 bits per heavy atom. The van der Waals surface area contributed by atoms with Crippen LogP contribution in [0.25, 0.3) is 11.3 Å². The minimum absolute atomic E-state index is 0.102. The van der Waals surface area contributed by atoms with Crippen LogP contribution in [0.5, 0.6) is 5.75 Å². The van der Waals surface area contributed by atoms with E-state index in [-0.39, 0.29) is 16.5 Å². The number of hydrogen-bond acceptors (Lipinski definition) is 3. The Morgan fingerprint density at radius 1 is 1.16 bits per heavy atom. The standard InChI is InChI=1S/C24H22ClFN4O2/c1-29-12-3-4-18(29)10-13-32-23-8-6-17(15-19(23)22-9-11-27-30(22)2)28-24(31)16-5-7-21(26)20(25)14-16/h3-9,11-12,14-15H,10,13H2,1-2H3,(H,28,31). The summed E-state index contributed by atoms with van der Waals surface area (Å²) < 4.78 is 23.3. The van der Waals surface area contributed by atoms with Gasteiger partial charge >= 0.3 is 0 Å². The van der Waals surface area contributed by atoms with Crippen molar-refractivity contribution in [1.29, 1.82) is 0 Å². The molecule has 1 N–H and O–H groups in total. The molecule has 164 valence electrons. The minimum atomic E-state index is -0.571. The number of benzene rings is 2. The molecule has 8 heteroatoms. The maximum absolute atomic E-state index is 13.4. The number of aromatic nitrogens is 3. The Balaban J connectivity index is 1.56. The molecule has 1 amide bonds. The van der Waals surface area contributed by atoms with Gasteiger partial charge in [-0.3, -0.25) is 9.48 Å². The van der Waals surface area contributed by atoms with E-state index in [0.717, 1.165) is 17.7 Å². The molecule has 0 aliphatic rings. The molecule has 2 aromatic carbocycles. The van der Waals surface area contributed by atoms with E-state index in [2.05, 4.69) is 21.0 Å². The van der Waals surface area contributed by atoms with Gasteiger partial charge in [0.25, 0.3) is 5.91 Å². The van der Waals surface area contributed by atoms with E-state index in [4.69, 9.17) is 16.3 Å². The second-order valence-electron chi connectivity index (χ2n) is 7.34. The molecule has 0 radical (unpaired) electrons. The fourth-order valence-electron chi connectivity index (χ4n) is 3.43. The summed E-state index contributed by atoms with van der Waals surface area (Å²) in [5, 5.41) is 6.97. The number of carbonyl (C=O) groups excluding carboxylic acids is 1. The fraction of sp³-hybridized carbons (Fsp3) is 0.167. The Bertz CT molecular complexity index is 1260. The molecule has 0 aliphatic carbocycles. The summed E-state index contributed by atoms with van der Waals surface area (Å²) in [6.45, 7) is 0.502. The van der Waals surface area contributed by atoms with Gasteiger partial charge in [-0.1, -0.05) is 11.6 Å². The Labute approximate surface area is 190 Å². The summed E-state index contributed by atoms with van der Waals surface area (Å²) in [5.41, 5.74) is 3.66. The predicted octanol–water partition coefficient (Wildman–Crippen LogP) is 5.09. The molecule has 6 nitrogen and oxygen atoms in total. The highest BCUT2D eigenvalue weighted by molar-refractivity contribution is 6.31. The number of anilines is 1. The van der Waals surface area contributed by atoms with E-state index in [1.807, 2.05) is 44.6 Å². The van der Waals surface area contributed by atoms with Crippen LogP contribution in [0.1, 0.15) is 16.1 Å². The molecule has 4 rings (SSSR count). The normalized spacial score (nSPS) is 10.9. The third-order valence-electron chi connectivity index (χ3n) is 5.18. The zero-order valence-electron chi connectivity index (χ0n) is 17.7. The van der Waals surface area contributed by atoms with E-state index in [9.17, 15) is 9.18 Å². The lowest BCUT2D eigenvalue weighted by molar-refractivity contribution is 0.102. The molecule has 0 fully saturated rings. The minimum Gasteiger partial charge on any atom is -0.492 e. The van der Waals surface area contributed by atoms with Gasteiger partial charge in [0.1, 0.15) is 11.6 Å².